The minimum atomic E-state index is 0.106. The van der Waals surface area contributed by atoms with Crippen LogP contribution in [0.25, 0.3) is 0 Å². The summed E-state index contributed by atoms with van der Waals surface area (Å²) in [6, 6.07) is 15.5. The van der Waals surface area contributed by atoms with Gasteiger partial charge in [0.05, 0.1) is 0 Å². The molecule has 0 saturated heterocycles. The number of hydrogen-bond donors (Lipinski definition) is 0. The fourth-order valence-electron chi connectivity index (χ4n) is 2.63. The Bertz CT molecular complexity index is 599. The second kappa shape index (κ2) is 6.98. The molecule has 0 N–H and O–H groups in total. The maximum absolute atomic E-state index is 11.6. The summed E-state index contributed by atoms with van der Waals surface area (Å²) in [5.74, 6) is 0.212. The summed E-state index contributed by atoms with van der Waals surface area (Å²) < 4.78 is 0. The molecule has 0 aliphatic carbocycles. The molecule has 2 aromatic rings. The van der Waals surface area contributed by atoms with Crippen LogP contribution in [0.2, 0.25) is 0 Å². The molecule has 0 atom stereocenters. The molecule has 2 aromatic carbocycles. The van der Waals surface area contributed by atoms with Gasteiger partial charge in [0.2, 0.25) is 0 Å². The highest BCUT2D eigenvalue weighted by Crippen LogP contribution is 2.16. The van der Waals surface area contributed by atoms with Crippen LogP contribution in [0.5, 0.6) is 0 Å². The minimum Gasteiger partial charge on any atom is -0.295 e. The molecule has 0 aromatic heterocycles. The molecular weight excluding hydrogens is 260 g/mol. The van der Waals surface area contributed by atoms with E-state index in [1.807, 2.05) is 48.5 Å². The van der Waals surface area contributed by atoms with Crippen LogP contribution in [0, 0.1) is 0 Å². The first-order valence-electron chi connectivity index (χ1n) is 7.27. The highest BCUT2D eigenvalue weighted by atomic mass is 16.1. The van der Waals surface area contributed by atoms with Crippen molar-refractivity contribution in [3.05, 3.63) is 70.8 Å². The van der Waals surface area contributed by atoms with Crippen LogP contribution >= 0.6 is 0 Å². The number of carbonyl (C=O) groups excluding carboxylic acids is 2. The van der Waals surface area contributed by atoms with E-state index in [2.05, 4.69) is 0 Å². The molecule has 2 heteroatoms. The fourth-order valence-corrected chi connectivity index (χ4v) is 2.63. The Morgan fingerprint density at radius 3 is 1.48 bits per heavy atom. The zero-order chi connectivity index (χ0) is 15.2. The number of Topliss-reactive ketones (excluding diaryl/α,β-unsaturated/α-hetero) is 2. The van der Waals surface area contributed by atoms with E-state index in [9.17, 15) is 9.59 Å². The summed E-state index contributed by atoms with van der Waals surface area (Å²) in [5, 5.41) is 0. The summed E-state index contributed by atoms with van der Waals surface area (Å²) in [6.45, 7) is 3.20. The first kappa shape index (κ1) is 15.2. The minimum absolute atomic E-state index is 0.106. The van der Waals surface area contributed by atoms with Crippen molar-refractivity contribution in [2.75, 3.05) is 0 Å². The molecule has 21 heavy (non-hydrogen) atoms. The Morgan fingerprint density at radius 2 is 1.10 bits per heavy atom. The Balaban J connectivity index is 2.06. The van der Waals surface area contributed by atoms with E-state index >= 15 is 0 Å². The van der Waals surface area contributed by atoms with Crippen LogP contribution in [0.15, 0.2) is 48.5 Å². The molecule has 0 spiro atoms. The SMILES string of the molecule is CC(=O)c1ccccc1CCCc1ccccc1C(C)=O. The van der Waals surface area contributed by atoms with Gasteiger partial charge in [-0.3, -0.25) is 9.59 Å². The molecule has 2 nitrogen and oxygen atoms in total. The standard InChI is InChI=1S/C19H20O2/c1-14(20)18-12-5-3-8-16(18)10-7-11-17-9-4-6-13-19(17)15(2)21/h3-6,8-9,12-13H,7,10-11H2,1-2H3. The number of rotatable bonds is 6. The topological polar surface area (TPSA) is 34.1 Å². The summed E-state index contributed by atoms with van der Waals surface area (Å²) in [5.41, 5.74) is 3.78. The van der Waals surface area contributed by atoms with Crippen molar-refractivity contribution in [1.82, 2.24) is 0 Å². The maximum atomic E-state index is 11.6. The van der Waals surface area contributed by atoms with Crippen LogP contribution in [-0.4, -0.2) is 11.6 Å². The number of benzene rings is 2. The molecule has 2 rings (SSSR count). The molecule has 0 aliphatic rings. The quantitative estimate of drug-likeness (QED) is 0.741. The Morgan fingerprint density at radius 1 is 0.714 bits per heavy atom. The lowest BCUT2D eigenvalue weighted by Crippen LogP contribution is -2.02. The summed E-state index contributed by atoms with van der Waals surface area (Å²) >= 11 is 0. The van der Waals surface area contributed by atoms with E-state index in [1.165, 1.54) is 0 Å². The van der Waals surface area contributed by atoms with Gasteiger partial charge in [-0.15, -0.1) is 0 Å². The molecule has 108 valence electrons. The van der Waals surface area contributed by atoms with Crippen LogP contribution in [0.4, 0.5) is 0 Å². The van der Waals surface area contributed by atoms with Crippen molar-refractivity contribution in [2.45, 2.75) is 33.1 Å². The van der Waals surface area contributed by atoms with E-state index in [1.54, 1.807) is 13.8 Å². The van der Waals surface area contributed by atoms with E-state index in [4.69, 9.17) is 0 Å². The lowest BCUT2D eigenvalue weighted by Gasteiger charge is -2.09. The summed E-state index contributed by atoms with van der Waals surface area (Å²) in [4.78, 5) is 23.2. The molecule has 0 aliphatic heterocycles. The Kier molecular flexibility index (Phi) is 5.04. The van der Waals surface area contributed by atoms with Gasteiger partial charge >= 0.3 is 0 Å². The van der Waals surface area contributed by atoms with E-state index < -0.39 is 0 Å². The molecule has 0 fully saturated rings. The van der Waals surface area contributed by atoms with Crippen molar-refractivity contribution >= 4 is 11.6 Å². The largest absolute Gasteiger partial charge is 0.295 e. The molecule has 0 unspecified atom stereocenters. The van der Waals surface area contributed by atoms with Gasteiger partial charge in [0, 0.05) is 11.1 Å². The maximum Gasteiger partial charge on any atom is 0.160 e. The third-order valence-corrected chi connectivity index (χ3v) is 3.69. The van der Waals surface area contributed by atoms with Gasteiger partial charge in [-0.05, 0) is 44.2 Å². The van der Waals surface area contributed by atoms with Crippen molar-refractivity contribution in [1.29, 1.82) is 0 Å². The third kappa shape index (κ3) is 3.88. The van der Waals surface area contributed by atoms with Gasteiger partial charge in [0.1, 0.15) is 0 Å². The molecule has 0 amide bonds. The van der Waals surface area contributed by atoms with Gasteiger partial charge in [-0.2, -0.15) is 0 Å². The lowest BCUT2D eigenvalue weighted by molar-refractivity contribution is 0.100. The number of aryl methyl sites for hydroxylation is 2. The van der Waals surface area contributed by atoms with Crippen molar-refractivity contribution in [2.24, 2.45) is 0 Å². The average Bonchev–Trinajstić information content (AvgIpc) is 2.48. The highest BCUT2D eigenvalue weighted by Gasteiger charge is 2.08. The first-order valence-corrected chi connectivity index (χ1v) is 7.27. The van der Waals surface area contributed by atoms with Crippen LogP contribution in [-0.2, 0) is 12.8 Å². The molecule has 0 bridgehead atoms. The zero-order valence-electron chi connectivity index (χ0n) is 12.6. The zero-order valence-corrected chi connectivity index (χ0v) is 12.6. The fraction of sp³-hybridized carbons (Fsp3) is 0.263. The second-order valence-electron chi connectivity index (χ2n) is 5.28. The smallest absolute Gasteiger partial charge is 0.160 e. The summed E-state index contributed by atoms with van der Waals surface area (Å²) in [7, 11) is 0. The van der Waals surface area contributed by atoms with Gasteiger partial charge in [0.15, 0.2) is 11.6 Å². The predicted molar refractivity (Wildman–Crippen MR) is 84.9 cm³/mol. The van der Waals surface area contributed by atoms with Gasteiger partial charge in [0.25, 0.3) is 0 Å². The first-order chi connectivity index (χ1) is 10.1. The number of hydrogen-bond acceptors (Lipinski definition) is 2. The van der Waals surface area contributed by atoms with Crippen LogP contribution < -0.4 is 0 Å². The van der Waals surface area contributed by atoms with Crippen molar-refractivity contribution in [3.63, 3.8) is 0 Å². The highest BCUT2D eigenvalue weighted by molar-refractivity contribution is 5.96. The van der Waals surface area contributed by atoms with Gasteiger partial charge in [-0.1, -0.05) is 48.5 Å². The lowest BCUT2D eigenvalue weighted by atomic mass is 9.95. The van der Waals surface area contributed by atoms with Gasteiger partial charge < -0.3 is 0 Å². The average molecular weight is 280 g/mol. The van der Waals surface area contributed by atoms with Gasteiger partial charge in [-0.25, -0.2) is 0 Å². The Hall–Kier alpha value is -2.22. The van der Waals surface area contributed by atoms with Crippen molar-refractivity contribution in [3.8, 4) is 0 Å². The van der Waals surface area contributed by atoms with Crippen LogP contribution in [0.1, 0.15) is 52.1 Å². The Labute approximate surface area is 125 Å². The van der Waals surface area contributed by atoms with Crippen molar-refractivity contribution < 1.29 is 9.59 Å². The number of carbonyl (C=O) groups is 2. The molecule has 0 heterocycles. The number of ketones is 2. The predicted octanol–water partition coefficient (Wildman–Crippen LogP) is 4.27. The molecule has 0 radical (unpaired) electrons. The molecule has 0 saturated carbocycles. The van der Waals surface area contributed by atoms with E-state index in [0.717, 1.165) is 41.5 Å². The third-order valence-electron chi connectivity index (χ3n) is 3.69. The monoisotopic (exact) mass is 280 g/mol. The normalized spacial score (nSPS) is 10.4. The second-order valence-corrected chi connectivity index (χ2v) is 5.28. The molecular formula is C19H20O2. The van der Waals surface area contributed by atoms with E-state index in [0.29, 0.717) is 0 Å². The summed E-state index contributed by atoms with van der Waals surface area (Å²) in [6.07, 6.45) is 2.62. The van der Waals surface area contributed by atoms with Crippen LogP contribution in [0.3, 0.4) is 0 Å². The van der Waals surface area contributed by atoms with E-state index in [-0.39, 0.29) is 11.6 Å².